The van der Waals surface area contributed by atoms with Crippen LogP contribution in [0.5, 0.6) is 0 Å². The van der Waals surface area contributed by atoms with Gasteiger partial charge in [0.25, 0.3) is 11.6 Å². The molecule has 1 amide bonds. The van der Waals surface area contributed by atoms with Gasteiger partial charge in [0.1, 0.15) is 5.69 Å². The molecular formula is C18H25N3O3. The molecule has 0 bridgehead atoms. The highest BCUT2D eigenvalue weighted by Crippen LogP contribution is 2.33. The number of carbonyl (C=O) groups excluding carboxylic acids is 1. The van der Waals surface area contributed by atoms with Crippen LogP contribution in [0.15, 0.2) is 18.2 Å². The normalized spacial score (nSPS) is 20.8. The van der Waals surface area contributed by atoms with E-state index in [0.29, 0.717) is 23.1 Å². The molecule has 1 aromatic carbocycles. The maximum atomic E-state index is 12.5. The van der Waals surface area contributed by atoms with E-state index in [1.165, 1.54) is 18.9 Å². The van der Waals surface area contributed by atoms with Gasteiger partial charge in [-0.2, -0.15) is 0 Å². The molecule has 1 saturated carbocycles. The summed E-state index contributed by atoms with van der Waals surface area (Å²) < 4.78 is 0. The number of benzene rings is 1. The van der Waals surface area contributed by atoms with Crippen LogP contribution in [0, 0.1) is 22.0 Å². The van der Waals surface area contributed by atoms with Gasteiger partial charge in [0.05, 0.1) is 4.92 Å². The first-order chi connectivity index (χ1) is 11.5. The summed E-state index contributed by atoms with van der Waals surface area (Å²) in [6.45, 7) is 4.57. The third kappa shape index (κ3) is 3.68. The average molecular weight is 331 g/mol. The van der Waals surface area contributed by atoms with E-state index >= 15 is 0 Å². The Labute approximate surface area is 142 Å². The Morgan fingerprint density at radius 3 is 2.75 bits per heavy atom. The lowest BCUT2D eigenvalue weighted by atomic mass is 9.99. The topological polar surface area (TPSA) is 66.7 Å². The van der Waals surface area contributed by atoms with E-state index < -0.39 is 0 Å². The van der Waals surface area contributed by atoms with E-state index in [1.54, 1.807) is 24.1 Å². The summed E-state index contributed by atoms with van der Waals surface area (Å²) in [6, 6.07) is 4.92. The van der Waals surface area contributed by atoms with Gasteiger partial charge in [0, 0.05) is 38.3 Å². The molecule has 0 spiro atoms. The van der Waals surface area contributed by atoms with Crippen LogP contribution in [0.3, 0.4) is 0 Å². The Morgan fingerprint density at radius 2 is 2.12 bits per heavy atom. The molecule has 0 aromatic heterocycles. The van der Waals surface area contributed by atoms with Crippen molar-refractivity contribution in [2.75, 3.05) is 31.6 Å². The van der Waals surface area contributed by atoms with Gasteiger partial charge >= 0.3 is 0 Å². The fourth-order valence-electron chi connectivity index (χ4n) is 3.47. The Kier molecular flexibility index (Phi) is 4.73. The summed E-state index contributed by atoms with van der Waals surface area (Å²) in [5.41, 5.74) is 1.07. The highest BCUT2D eigenvalue weighted by molar-refractivity contribution is 5.95. The first-order valence-corrected chi connectivity index (χ1v) is 8.74. The predicted octanol–water partition coefficient (Wildman–Crippen LogP) is 3.31. The van der Waals surface area contributed by atoms with Crippen LogP contribution < -0.4 is 4.90 Å². The lowest BCUT2D eigenvalue weighted by molar-refractivity contribution is -0.384. The highest BCUT2D eigenvalue weighted by Gasteiger charge is 2.28. The van der Waals surface area contributed by atoms with Crippen molar-refractivity contribution < 1.29 is 9.72 Å². The fraction of sp³-hybridized carbons (Fsp3) is 0.611. The second kappa shape index (κ2) is 6.79. The van der Waals surface area contributed by atoms with Crippen molar-refractivity contribution >= 4 is 17.3 Å². The SMILES string of the molecule is C[C@H]1CCCN(c2ccc(C(=O)N(C)CC3CC3)cc2[N+](=O)[O-])C1. The van der Waals surface area contributed by atoms with Crippen molar-refractivity contribution in [3.8, 4) is 0 Å². The third-order valence-electron chi connectivity index (χ3n) is 4.99. The summed E-state index contributed by atoms with van der Waals surface area (Å²) in [5.74, 6) is 0.996. The summed E-state index contributed by atoms with van der Waals surface area (Å²) >= 11 is 0. The van der Waals surface area contributed by atoms with Crippen LogP contribution in [-0.2, 0) is 0 Å². The van der Waals surface area contributed by atoms with Crippen LogP contribution in [0.25, 0.3) is 0 Å². The van der Waals surface area contributed by atoms with Gasteiger partial charge in [-0.1, -0.05) is 6.92 Å². The quantitative estimate of drug-likeness (QED) is 0.613. The van der Waals surface area contributed by atoms with Gasteiger partial charge in [0.2, 0.25) is 0 Å². The van der Waals surface area contributed by atoms with Gasteiger partial charge < -0.3 is 9.80 Å². The minimum atomic E-state index is -0.369. The number of carbonyl (C=O) groups is 1. The van der Waals surface area contributed by atoms with Crippen molar-refractivity contribution in [1.82, 2.24) is 4.90 Å². The number of amides is 1. The monoisotopic (exact) mass is 331 g/mol. The number of anilines is 1. The smallest absolute Gasteiger partial charge is 0.293 e. The van der Waals surface area contributed by atoms with E-state index in [0.717, 1.165) is 32.5 Å². The lowest BCUT2D eigenvalue weighted by Gasteiger charge is -2.32. The van der Waals surface area contributed by atoms with Crippen molar-refractivity contribution in [3.63, 3.8) is 0 Å². The zero-order valence-electron chi connectivity index (χ0n) is 14.4. The molecule has 1 heterocycles. The summed E-state index contributed by atoms with van der Waals surface area (Å²) in [5, 5.41) is 11.5. The summed E-state index contributed by atoms with van der Waals surface area (Å²) in [7, 11) is 1.77. The number of rotatable bonds is 5. The first-order valence-electron chi connectivity index (χ1n) is 8.74. The second-order valence-electron chi connectivity index (χ2n) is 7.28. The molecule has 0 N–H and O–H groups in total. The van der Waals surface area contributed by atoms with Crippen LogP contribution in [-0.4, -0.2) is 42.4 Å². The zero-order chi connectivity index (χ0) is 17.3. The third-order valence-corrected chi connectivity index (χ3v) is 4.99. The first kappa shape index (κ1) is 16.7. The van der Waals surface area contributed by atoms with Crippen molar-refractivity contribution in [3.05, 3.63) is 33.9 Å². The summed E-state index contributed by atoms with van der Waals surface area (Å²) in [6.07, 6.45) is 4.55. The molecule has 2 aliphatic rings. The van der Waals surface area contributed by atoms with Gasteiger partial charge in [-0.3, -0.25) is 14.9 Å². The molecule has 24 heavy (non-hydrogen) atoms. The predicted molar refractivity (Wildman–Crippen MR) is 93.4 cm³/mol. The maximum absolute atomic E-state index is 12.5. The average Bonchev–Trinajstić information content (AvgIpc) is 3.37. The number of nitro groups is 1. The molecule has 1 aliphatic carbocycles. The Hall–Kier alpha value is -2.11. The van der Waals surface area contributed by atoms with Gasteiger partial charge in [-0.25, -0.2) is 0 Å². The number of hydrogen-bond donors (Lipinski definition) is 0. The minimum Gasteiger partial charge on any atom is -0.366 e. The molecule has 0 unspecified atom stereocenters. The zero-order valence-corrected chi connectivity index (χ0v) is 14.4. The van der Waals surface area contributed by atoms with E-state index in [2.05, 4.69) is 11.8 Å². The van der Waals surface area contributed by atoms with Gasteiger partial charge in [0.15, 0.2) is 0 Å². The van der Waals surface area contributed by atoms with Crippen LogP contribution in [0.1, 0.15) is 43.0 Å². The molecule has 6 nitrogen and oxygen atoms in total. The van der Waals surface area contributed by atoms with Crippen LogP contribution in [0.2, 0.25) is 0 Å². The Bertz CT molecular complexity index is 642. The van der Waals surface area contributed by atoms with Crippen molar-refractivity contribution in [2.45, 2.75) is 32.6 Å². The number of nitro benzene ring substituents is 1. The maximum Gasteiger partial charge on any atom is 0.293 e. The van der Waals surface area contributed by atoms with E-state index in [9.17, 15) is 14.9 Å². The van der Waals surface area contributed by atoms with E-state index in [4.69, 9.17) is 0 Å². The van der Waals surface area contributed by atoms with Gasteiger partial charge in [-0.05, 0) is 49.7 Å². The van der Waals surface area contributed by atoms with Crippen LogP contribution in [0.4, 0.5) is 11.4 Å². The molecule has 2 fully saturated rings. The lowest BCUT2D eigenvalue weighted by Crippen LogP contribution is -2.34. The molecule has 1 aliphatic heterocycles. The second-order valence-corrected chi connectivity index (χ2v) is 7.28. The Morgan fingerprint density at radius 1 is 1.38 bits per heavy atom. The molecular weight excluding hydrogens is 306 g/mol. The highest BCUT2D eigenvalue weighted by atomic mass is 16.6. The fourth-order valence-corrected chi connectivity index (χ4v) is 3.47. The summed E-state index contributed by atoms with van der Waals surface area (Å²) in [4.78, 5) is 27.4. The molecule has 1 saturated heterocycles. The van der Waals surface area contributed by atoms with Crippen molar-refractivity contribution in [2.24, 2.45) is 11.8 Å². The molecule has 0 radical (unpaired) electrons. The van der Waals surface area contributed by atoms with Gasteiger partial charge in [-0.15, -0.1) is 0 Å². The molecule has 6 heteroatoms. The minimum absolute atomic E-state index is 0.0368. The number of piperidine rings is 1. The molecule has 130 valence electrons. The standard InChI is InChI=1S/C18H25N3O3/c1-13-4-3-9-20(11-13)16-8-7-15(10-17(16)21(23)24)18(22)19(2)12-14-5-6-14/h7-8,10,13-14H,3-6,9,11-12H2,1-2H3/t13-/m0/s1. The number of nitrogens with zero attached hydrogens (tertiary/aromatic N) is 3. The largest absolute Gasteiger partial charge is 0.366 e. The van der Waals surface area contributed by atoms with Crippen LogP contribution >= 0.6 is 0 Å². The number of hydrogen-bond acceptors (Lipinski definition) is 4. The van der Waals surface area contributed by atoms with E-state index in [1.807, 2.05) is 0 Å². The Balaban J connectivity index is 1.83. The molecule has 3 rings (SSSR count). The van der Waals surface area contributed by atoms with E-state index in [-0.39, 0.29) is 16.5 Å². The molecule has 1 atom stereocenters. The molecule has 1 aromatic rings. The van der Waals surface area contributed by atoms with Crippen molar-refractivity contribution in [1.29, 1.82) is 0 Å².